The molecule has 14 atom stereocenters. The van der Waals surface area contributed by atoms with E-state index in [0.717, 1.165) is 36.5 Å². The van der Waals surface area contributed by atoms with E-state index in [9.17, 15) is 44.7 Å². The number of carbonyl (C=O) groups is 4. The van der Waals surface area contributed by atoms with E-state index >= 15 is 0 Å². The summed E-state index contributed by atoms with van der Waals surface area (Å²) in [7, 11) is 2.92. The normalized spacial score (nSPS) is 38.8. The number of hydrogen-bond donors (Lipinski definition) is 7. The number of primary amides is 1. The van der Waals surface area contributed by atoms with Gasteiger partial charge in [0.25, 0.3) is 5.91 Å². The second-order valence-corrected chi connectivity index (χ2v) is 21.7. The first-order valence-corrected chi connectivity index (χ1v) is 23.4. The molecule has 0 radical (unpaired) electrons. The van der Waals surface area contributed by atoms with Gasteiger partial charge in [-0.15, -0.1) is 0 Å². The zero-order chi connectivity index (χ0) is 45.8. The highest BCUT2D eigenvalue weighted by atomic mass is 16.6. The van der Waals surface area contributed by atoms with E-state index < -0.39 is 87.5 Å². The first-order chi connectivity index (χ1) is 29.6. The Morgan fingerprint density at radius 1 is 1.00 bits per heavy atom. The van der Waals surface area contributed by atoms with E-state index in [2.05, 4.69) is 46.0 Å². The number of likely N-dealkylation sites (N-methyl/N-ethyl adjacent to an activating group) is 1. The Hall–Kier alpha value is -4.20. The zero-order valence-electron chi connectivity index (χ0n) is 38.2. The third-order valence-electron chi connectivity index (χ3n) is 17.9. The molecule has 63 heavy (non-hydrogen) atoms. The summed E-state index contributed by atoms with van der Waals surface area (Å²) in [5.74, 6) is -5.55. The minimum absolute atomic E-state index is 0.0592. The number of phenolic OH excluding ortho intramolecular Hbond substituents is 1. The predicted octanol–water partition coefficient (Wildman–Crippen LogP) is 7.45. The Morgan fingerprint density at radius 3 is 2.38 bits per heavy atom. The second-order valence-electron chi connectivity index (χ2n) is 21.7. The smallest absolute Gasteiger partial charge is 0.412 e. The SMILES string of the molecule is CC(C)CCC[C@@H](C)[C@H]1CCC2C3CC=C4CC(OC(=O)Nc5ccc6c(c5O)C(O)=C5C(=O)[C@]7(O)C(O)=C(C(N)=O)C(=O)[C@@H](N(C)C)[C@@H]7[C@@H](O)[C@@H]5[C@H]6C)CC[C@]4(C)C3CC[C@@]21C. The fraction of sp³-hybridized carbons (Fsp3) is 0.680. The van der Waals surface area contributed by atoms with E-state index in [0.29, 0.717) is 35.7 Å². The lowest BCUT2D eigenvalue weighted by Gasteiger charge is -2.58. The van der Waals surface area contributed by atoms with Crippen LogP contribution in [0.15, 0.2) is 40.7 Å². The largest absolute Gasteiger partial charge is 0.508 e. The molecule has 0 heterocycles. The maximum Gasteiger partial charge on any atom is 0.412 e. The van der Waals surface area contributed by atoms with E-state index in [1.165, 1.54) is 75.6 Å². The Morgan fingerprint density at radius 2 is 1.71 bits per heavy atom. The van der Waals surface area contributed by atoms with Crippen LogP contribution in [-0.2, 0) is 19.1 Å². The van der Waals surface area contributed by atoms with Gasteiger partial charge in [-0.25, -0.2) is 4.79 Å². The number of carbonyl (C=O) groups excluding carboxylic acids is 4. The maximum absolute atomic E-state index is 14.4. The molecule has 0 aliphatic heterocycles. The molecule has 8 N–H and O–H groups in total. The number of benzene rings is 1. The Bertz CT molecular complexity index is 2190. The minimum Gasteiger partial charge on any atom is -0.508 e. The van der Waals surface area contributed by atoms with Gasteiger partial charge in [0.05, 0.1) is 29.3 Å². The molecule has 8 rings (SSSR count). The molecule has 344 valence electrons. The van der Waals surface area contributed by atoms with Crippen molar-refractivity contribution in [1.29, 1.82) is 0 Å². The summed E-state index contributed by atoms with van der Waals surface area (Å²) < 4.78 is 6.01. The molecule has 0 bridgehead atoms. The minimum atomic E-state index is -3.02. The van der Waals surface area contributed by atoms with Gasteiger partial charge in [-0.05, 0) is 123 Å². The summed E-state index contributed by atoms with van der Waals surface area (Å²) in [5, 5.41) is 61.2. The average Bonchev–Trinajstić information content (AvgIpc) is 3.57. The average molecular weight is 872 g/mol. The summed E-state index contributed by atoms with van der Waals surface area (Å²) in [6.07, 6.45) is 12.1. The lowest BCUT2D eigenvalue weighted by atomic mass is 9.47. The molecule has 4 saturated carbocycles. The van der Waals surface area contributed by atoms with Crippen molar-refractivity contribution in [1.82, 2.24) is 4.90 Å². The molecule has 4 fully saturated rings. The van der Waals surface area contributed by atoms with Crippen molar-refractivity contribution in [2.24, 2.45) is 63.9 Å². The fourth-order valence-corrected chi connectivity index (χ4v) is 14.8. The van der Waals surface area contributed by atoms with Gasteiger partial charge in [-0.3, -0.25) is 24.6 Å². The van der Waals surface area contributed by atoms with Gasteiger partial charge in [0.1, 0.15) is 28.9 Å². The number of ether oxygens (including phenoxy) is 1. The molecule has 2 amide bonds. The number of aliphatic hydroxyl groups is 4. The number of fused-ring (bicyclic) bond motifs is 8. The quantitative estimate of drug-likeness (QED) is 0.0734. The van der Waals surface area contributed by atoms with Gasteiger partial charge in [0, 0.05) is 17.9 Å². The summed E-state index contributed by atoms with van der Waals surface area (Å²) >= 11 is 0. The van der Waals surface area contributed by atoms with Crippen LogP contribution in [0.3, 0.4) is 0 Å². The first-order valence-electron chi connectivity index (χ1n) is 23.4. The molecule has 13 nitrogen and oxygen atoms in total. The molecule has 0 saturated heterocycles. The second kappa shape index (κ2) is 16.0. The first kappa shape index (κ1) is 45.4. The number of allylic oxidation sites excluding steroid dienone is 1. The predicted molar refractivity (Wildman–Crippen MR) is 237 cm³/mol. The van der Waals surface area contributed by atoms with Crippen molar-refractivity contribution in [3.63, 3.8) is 0 Å². The number of aromatic hydroxyl groups is 1. The molecule has 0 spiro atoms. The topological polar surface area (TPSA) is 220 Å². The third kappa shape index (κ3) is 6.79. The maximum atomic E-state index is 14.4. The molecule has 13 heteroatoms. The molecule has 0 aromatic heterocycles. The van der Waals surface area contributed by atoms with Gasteiger partial charge in [-0.2, -0.15) is 0 Å². The number of hydrogen-bond acceptors (Lipinski definition) is 11. The summed E-state index contributed by atoms with van der Waals surface area (Å²) in [4.78, 5) is 55.1. The van der Waals surface area contributed by atoms with E-state index in [1.807, 2.05) is 0 Å². The molecule has 4 unspecified atom stereocenters. The van der Waals surface area contributed by atoms with Crippen LogP contribution in [0.25, 0.3) is 5.76 Å². The Labute approximate surface area is 371 Å². The number of Topliss-reactive ketones (excluding diaryl/α,β-unsaturated/α-hetero) is 2. The molecular weight excluding hydrogens is 803 g/mol. The number of aliphatic hydroxyl groups excluding tert-OH is 3. The standard InChI is InChI=1S/C50H69N3O10/c1-23(2)10-9-11-24(3)30-15-16-31-29-13-12-26-22-27(18-20-48(26,5)32(29)19-21-49(30,31)6)63-47(61)52-33-17-14-28-25(4)34-36(41(55)35(28)40(33)54)44(58)50(62)38(42(34)56)39(53(7)8)43(57)37(45(50)59)46(51)60/h12,14,17,23-25,27,29-32,34,38-39,42,54-56,59,62H,9-11,13,15-16,18-22H2,1-8H3,(H2,51,60)(H,52,61)/t24-,25+,27?,29?,30-,31?,32?,34-,38-,39+,42+,48+,49-,50+/m1/s1. The van der Waals surface area contributed by atoms with Gasteiger partial charge in [0.2, 0.25) is 5.78 Å². The van der Waals surface area contributed by atoms with Crippen LogP contribution < -0.4 is 11.1 Å². The summed E-state index contributed by atoms with van der Waals surface area (Å²) in [5.41, 5.74) is 2.78. The number of nitrogens with one attached hydrogen (secondary N) is 1. The lowest BCUT2D eigenvalue weighted by molar-refractivity contribution is -0.169. The van der Waals surface area contributed by atoms with E-state index in [1.54, 1.807) is 13.0 Å². The lowest BCUT2D eigenvalue weighted by Crippen LogP contribution is -2.70. The summed E-state index contributed by atoms with van der Waals surface area (Å²) in [6, 6.07) is 1.57. The van der Waals surface area contributed by atoms with Crippen LogP contribution in [0.5, 0.6) is 5.75 Å². The number of ketones is 2. The number of nitrogens with zero attached hydrogens (tertiary/aromatic N) is 1. The molecule has 7 aliphatic rings. The highest BCUT2D eigenvalue weighted by Gasteiger charge is 2.68. The molecule has 7 aliphatic carbocycles. The number of nitrogens with two attached hydrogens (primary N) is 1. The highest BCUT2D eigenvalue weighted by molar-refractivity contribution is 6.24. The van der Waals surface area contributed by atoms with Crippen LogP contribution in [0.1, 0.15) is 129 Å². The van der Waals surface area contributed by atoms with Crippen molar-refractivity contribution >= 4 is 35.0 Å². The van der Waals surface area contributed by atoms with Gasteiger partial charge in [-0.1, -0.05) is 78.5 Å². The zero-order valence-corrected chi connectivity index (χ0v) is 38.2. The van der Waals surface area contributed by atoms with Gasteiger partial charge in [0.15, 0.2) is 11.4 Å². The Kier molecular flexibility index (Phi) is 11.6. The van der Waals surface area contributed by atoms with Crippen LogP contribution in [0.2, 0.25) is 0 Å². The summed E-state index contributed by atoms with van der Waals surface area (Å²) in [6.45, 7) is 13.8. The van der Waals surface area contributed by atoms with Crippen molar-refractivity contribution in [2.45, 2.75) is 142 Å². The van der Waals surface area contributed by atoms with Gasteiger partial charge < -0.3 is 36.0 Å². The number of rotatable bonds is 9. The van der Waals surface area contributed by atoms with Crippen LogP contribution >= 0.6 is 0 Å². The molecule has 1 aromatic rings. The van der Waals surface area contributed by atoms with Crippen LogP contribution in [-0.4, -0.2) is 91.9 Å². The van der Waals surface area contributed by atoms with E-state index in [-0.39, 0.29) is 22.8 Å². The van der Waals surface area contributed by atoms with Crippen molar-refractivity contribution < 1.29 is 49.4 Å². The number of anilines is 1. The van der Waals surface area contributed by atoms with Crippen molar-refractivity contribution in [3.8, 4) is 5.75 Å². The Balaban J connectivity index is 0.985. The molecular formula is C50H69N3O10. The van der Waals surface area contributed by atoms with Crippen molar-refractivity contribution in [3.05, 3.63) is 51.8 Å². The number of phenols is 1. The molecule has 1 aromatic carbocycles. The van der Waals surface area contributed by atoms with Crippen LogP contribution in [0, 0.1) is 58.2 Å². The van der Waals surface area contributed by atoms with Crippen molar-refractivity contribution in [2.75, 3.05) is 19.4 Å². The third-order valence-corrected chi connectivity index (χ3v) is 17.9. The van der Waals surface area contributed by atoms with Crippen LogP contribution in [0.4, 0.5) is 10.5 Å². The van der Waals surface area contributed by atoms with Gasteiger partial charge >= 0.3 is 6.09 Å². The number of amides is 2. The highest BCUT2D eigenvalue weighted by Crippen LogP contribution is 2.67. The monoisotopic (exact) mass is 871 g/mol. The fourth-order valence-electron chi connectivity index (χ4n) is 14.8. The van der Waals surface area contributed by atoms with E-state index in [4.69, 9.17) is 10.5 Å².